The number of hydrogen-bond acceptors (Lipinski definition) is 6. The van der Waals surface area contributed by atoms with Crippen LogP contribution in [0.25, 0.3) is 0 Å². The molecule has 2 fully saturated rings. The minimum Gasteiger partial charge on any atom is -0.451 e. The highest BCUT2D eigenvalue weighted by atomic mass is 32.2. The van der Waals surface area contributed by atoms with Crippen LogP contribution < -0.4 is 0 Å². The van der Waals surface area contributed by atoms with Gasteiger partial charge in [0.05, 0.1) is 6.10 Å². The number of esters is 2. The van der Waals surface area contributed by atoms with Gasteiger partial charge in [-0.05, 0) is 37.4 Å². The van der Waals surface area contributed by atoms with Gasteiger partial charge < -0.3 is 13.9 Å². The molecule has 2 aliphatic rings. The number of carbonyl (C=O) groups is 2. The summed E-state index contributed by atoms with van der Waals surface area (Å²) in [5.41, 5.74) is -1.72. The van der Waals surface area contributed by atoms with Gasteiger partial charge in [-0.1, -0.05) is 20.8 Å². The molecule has 1 spiro atoms. The van der Waals surface area contributed by atoms with Crippen LogP contribution in [0.4, 0.5) is 26.3 Å². The fraction of sp³-hybridized carbons (Fsp3) is 0.889. The largest absolute Gasteiger partial charge is 0.490 e. The van der Waals surface area contributed by atoms with Crippen molar-refractivity contribution in [3.05, 3.63) is 0 Å². The Morgan fingerprint density at radius 1 is 0.968 bits per heavy atom. The molecule has 3 unspecified atom stereocenters. The predicted molar refractivity (Wildman–Crippen MR) is 103 cm³/mol. The van der Waals surface area contributed by atoms with Crippen molar-refractivity contribution in [2.45, 2.75) is 99.3 Å². The van der Waals surface area contributed by atoms with Crippen molar-refractivity contribution < 1.29 is 49.8 Å². The molecule has 0 N–H and O–H groups in total. The van der Waals surface area contributed by atoms with E-state index in [0.717, 1.165) is 11.8 Å². The van der Waals surface area contributed by atoms with Gasteiger partial charge in [0.25, 0.3) is 0 Å². The topological polar surface area (TPSA) is 61.8 Å². The summed E-state index contributed by atoms with van der Waals surface area (Å²) in [5.74, 6) is -5.09. The standard InChI is InChI=1S/C18H26F6O5SSi/c1-15(2,3)31(4,5)29-11-7-6-8-16(11)9-10(27-13(25)17(19,20)21)12(30-16)28-14(26)18(22,23)24/h10-12H,6-9H2,1-5H3/t10?,11?,12?,16-/m0/s1. The van der Waals surface area contributed by atoms with E-state index in [9.17, 15) is 35.9 Å². The molecule has 1 saturated carbocycles. The van der Waals surface area contributed by atoms with Crippen molar-refractivity contribution in [3.8, 4) is 0 Å². The van der Waals surface area contributed by atoms with Crippen LogP contribution in [0, 0.1) is 0 Å². The smallest absolute Gasteiger partial charge is 0.451 e. The van der Waals surface area contributed by atoms with Gasteiger partial charge in [0.2, 0.25) is 0 Å². The summed E-state index contributed by atoms with van der Waals surface area (Å²) in [5, 5.41) is -0.176. The van der Waals surface area contributed by atoms with Crippen LogP contribution in [-0.2, 0) is 23.5 Å². The minimum absolute atomic E-state index is 0.176. The Labute approximate surface area is 181 Å². The first kappa shape index (κ1) is 26.3. The third-order valence-electron chi connectivity index (χ3n) is 6.04. The molecule has 31 heavy (non-hydrogen) atoms. The lowest BCUT2D eigenvalue weighted by Gasteiger charge is -2.42. The van der Waals surface area contributed by atoms with E-state index in [1.807, 2.05) is 33.9 Å². The van der Waals surface area contributed by atoms with E-state index in [1.54, 1.807) is 0 Å². The Bertz CT molecular complexity index is 667. The van der Waals surface area contributed by atoms with E-state index in [-0.39, 0.29) is 11.5 Å². The van der Waals surface area contributed by atoms with Gasteiger partial charge in [-0.25, -0.2) is 9.59 Å². The van der Waals surface area contributed by atoms with Crippen LogP contribution in [0.2, 0.25) is 18.1 Å². The zero-order chi connectivity index (χ0) is 24.0. The molecule has 180 valence electrons. The maximum atomic E-state index is 12.7. The third-order valence-corrected chi connectivity index (χ3v) is 12.3. The molecule has 0 aromatic rings. The normalized spacial score (nSPS) is 30.0. The molecule has 1 aliphatic carbocycles. The van der Waals surface area contributed by atoms with Crippen molar-refractivity contribution >= 4 is 32.0 Å². The number of halogens is 6. The number of rotatable bonds is 4. The lowest BCUT2D eigenvalue weighted by Crippen LogP contribution is -2.48. The monoisotopic (exact) mass is 496 g/mol. The second-order valence-corrected chi connectivity index (χ2v) is 15.6. The zero-order valence-corrected chi connectivity index (χ0v) is 19.6. The molecule has 2 rings (SSSR count). The highest BCUT2D eigenvalue weighted by molar-refractivity contribution is 8.01. The minimum atomic E-state index is -5.33. The molecule has 0 radical (unpaired) electrons. The first-order valence-electron chi connectivity index (χ1n) is 9.70. The molecule has 1 saturated heterocycles. The fourth-order valence-corrected chi connectivity index (χ4v) is 6.68. The van der Waals surface area contributed by atoms with Gasteiger partial charge >= 0.3 is 24.3 Å². The van der Waals surface area contributed by atoms with Crippen LogP contribution >= 0.6 is 11.8 Å². The second-order valence-electron chi connectivity index (χ2n) is 9.36. The Kier molecular flexibility index (Phi) is 7.16. The lowest BCUT2D eigenvalue weighted by molar-refractivity contribution is -0.215. The molecule has 4 atom stereocenters. The van der Waals surface area contributed by atoms with E-state index in [1.165, 1.54) is 0 Å². The predicted octanol–water partition coefficient (Wildman–Crippen LogP) is 5.34. The lowest BCUT2D eigenvalue weighted by atomic mass is 9.97. The summed E-state index contributed by atoms with van der Waals surface area (Å²) in [6.07, 6.45) is -11.4. The number of ether oxygens (including phenoxy) is 2. The van der Waals surface area contributed by atoms with E-state index in [0.29, 0.717) is 19.3 Å². The summed E-state index contributed by atoms with van der Waals surface area (Å²) >= 11 is 0.795. The first-order chi connectivity index (χ1) is 13.8. The average Bonchev–Trinajstić information content (AvgIpc) is 3.08. The van der Waals surface area contributed by atoms with Gasteiger partial charge in [0, 0.05) is 11.2 Å². The Balaban J connectivity index is 2.29. The number of thioether (sulfide) groups is 1. The van der Waals surface area contributed by atoms with Crippen LogP contribution in [0.3, 0.4) is 0 Å². The summed E-state index contributed by atoms with van der Waals surface area (Å²) in [6.45, 7) is 9.99. The van der Waals surface area contributed by atoms with Gasteiger partial charge in [0.15, 0.2) is 13.8 Å². The van der Waals surface area contributed by atoms with Gasteiger partial charge in [-0.2, -0.15) is 26.3 Å². The summed E-state index contributed by atoms with van der Waals surface area (Å²) in [7, 11) is -2.32. The van der Waals surface area contributed by atoms with Crippen LogP contribution in [0.15, 0.2) is 0 Å². The van der Waals surface area contributed by atoms with E-state index < -0.39 is 55.0 Å². The molecule has 0 aromatic heterocycles. The van der Waals surface area contributed by atoms with E-state index >= 15 is 0 Å². The molecule has 1 aliphatic heterocycles. The molecule has 13 heteroatoms. The van der Waals surface area contributed by atoms with Gasteiger partial charge in [0.1, 0.15) is 6.10 Å². The molecule has 0 amide bonds. The quantitative estimate of drug-likeness (QED) is 0.297. The molecular formula is C18H26F6O5SSi. The molecule has 0 bridgehead atoms. The van der Waals surface area contributed by atoms with Crippen molar-refractivity contribution in [1.29, 1.82) is 0 Å². The van der Waals surface area contributed by atoms with Crippen LogP contribution in [-0.4, -0.2) is 55.0 Å². The number of carbonyl (C=O) groups excluding carboxylic acids is 2. The Hall–Kier alpha value is -0.953. The Morgan fingerprint density at radius 2 is 1.48 bits per heavy atom. The van der Waals surface area contributed by atoms with Crippen molar-refractivity contribution in [2.75, 3.05) is 0 Å². The van der Waals surface area contributed by atoms with Crippen molar-refractivity contribution in [2.24, 2.45) is 0 Å². The SMILES string of the molecule is CC(C)(C)[Si](C)(C)OC1CCC[C@]12CC(OC(=O)C(F)(F)F)C(OC(=O)C(F)(F)F)S2. The maximum absolute atomic E-state index is 12.7. The summed E-state index contributed by atoms with van der Waals surface area (Å²) in [4.78, 5) is 22.7. The van der Waals surface area contributed by atoms with Crippen molar-refractivity contribution in [1.82, 2.24) is 0 Å². The highest BCUT2D eigenvalue weighted by Crippen LogP contribution is 2.57. The highest BCUT2D eigenvalue weighted by Gasteiger charge is 2.60. The third kappa shape index (κ3) is 5.89. The van der Waals surface area contributed by atoms with Crippen LogP contribution in [0.5, 0.6) is 0 Å². The molecule has 1 heterocycles. The van der Waals surface area contributed by atoms with Gasteiger partial charge in [-0.3, -0.25) is 0 Å². The summed E-state index contributed by atoms with van der Waals surface area (Å²) < 4.78 is 90.6. The van der Waals surface area contributed by atoms with E-state index in [4.69, 9.17) is 4.43 Å². The molecule has 5 nitrogen and oxygen atoms in total. The Morgan fingerprint density at radius 3 is 1.97 bits per heavy atom. The second kappa shape index (κ2) is 8.43. The summed E-state index contributed by atoms with van der Waals surface area (Å²) in [6, 6.07) is 0. The number of hydrogen-bond donors (Lipinski definition) is 0. The van der Waals surface area contributed by atoms with E-state index in [2.05, 4.69) is 9.47 Å². The van der Waals surface area contributed by atoms with Crippen LogP contribution in [0.1, 0.15) is 46.5 Å². The average molecular weight is 497 g/mol. The molecule has 0 aromatic carbocycles. The molecular weight excluding hydrogens is 470 g/mol. The van der Waals surface area contributed by atoms with Gasteiger partial charge in [-0.15, -0.1) is 11.8 Å². The fourth-order valence-electron chi connectivity index (χ4n) is 3.44. The zero-order valence-electron chi connectivity index (χ0n) is 17.8. The first-order valence-corrected chi connectivity index (χ1v) is 13.5. The number of alkyl halides is 6. The van der Waals surface area contributed by atoms with Crippen molar-refractivity contribution in [3.63, 3.8) is 0 Å². The maximum Gasteiger partial charge on any atom is 0.490 e.